The van der Waals surface area contributed by atoms with Gasteiger partial charge in [-0.1, -0.05) is 29.8 Å². The molecular formula is C25H26ClN3O2. The van der Waals surface area contributed by atoms with Gasteiger partial charge >= 0.3 is 0 Å². The normalized spacial score (nSPS) is 20.9. The molecule has 0 radical (unpaired) electrons. The minimum Gasteiger partial charge on any atom is -0.354 e. The van der Waals surface area contributed by atoms with Gasteiger partial charge in [0.25, 0.3) is 5.56 Å². The lowest BCUT2D eigenvalue weighted by Gasteiger charge is -2.43. The number of carbonyl (C=O) groups excluding carboxylic acids is 1. The number of carbonyl (C=O) groups is 1. The van der Waals surface area contributed by atoms with Gasteiger partial charge in [0.1, 0.15) is 0 Å². The first-order chi connectivity index (χ1) is 15.1. The van der Waals surface area contributed by atoms with Crippen molar-refractivity contribution < 1.29 is 4.79 Å². The minimum atomic E-state index is 0.0708. The van der Waals surface area contributed by atoms with E-state index in [1.165, 1.54) is 0 Å². The maximum Gasteiger partial charge on any atom is 0.250 e. The van der Waals surface area contributed by atoms with Crippen molar-refractivity contribution in [2.45, 2.75) is 37.8 Å². The highest BCUT2D eigenvalue weighted by molar-refractivity contribution is 6.30. The Bertz CT molecular complexity index is 1120. The fourth-order valence-corrected chi connectivity index (χ4v) is 5.34. The highest BCUT2D eigenvalue weighted by Gasteiger charge is 2.36. The third-order valence-corrected chi connectivity index (χ3v) is 6.94. The second-order valence-corrected chi connectivity index (χ2v) is 9.27. The summed E-state index contributed by atoms with van der Waals surface area (Å²) in [7, 11) is 0. The summed E-state index contributed by atoms with van der Waals surface area (Å²) in [6.07, 6.45) is 5.58. The number of hydrogen-bond donors (Lipinski definition) is 0. The van der Waals surface area contributed by atoms with Crippen molar-refractivity contribution in [2.24, 2.45) is 5.92 Å². The van der Waals surface area contributed by atoms with E-state index in [2.05, 4.69) is 4.57 Å². The van der Waals surface area contributed by atoms with E-state index in [1.54, 1.807) is 6.07 Å². The van der Waals surface area contributed by atoms with Crippen LogP contribution in [-0.4, -0.2) is 33.0 Å². The van der Waals surface area contributed by atoms with E-state index in [9.17, 15) is 9.59 Å². The second kappa shape index (κ2) is 8.39. The molecule has 160 valence electrons. The summed E-state index contributed by atoms with van der Waals surface area (Å²) in [4.78, 5) is 27.7. The Labute approximate surface area is 186 Å². The van der Waals surface area contributed by atoms with E-state index >= 15 is 0 Å². The number of aromatic nitrogens is 2. The van der Waals surface area contributed by atoms with Gasteiger partial charge in [-0.15, -0.1) is 0 Å². The number of likely N-dealkylation sites (tertiary alicyclic amines) is 1. The van der Waals surface area contributed by atoms with Crippen molar-refractivity contribution in [1.29, 1.82) is 0 Å². The number of amides is 1. The van der Waals surface area contributed by atoms with E-state index in [1.807, 2.05) is 70.4 Å². The van der Waals surface area contributed by atoms with Crippen LogP contribution in [0, 0.1) is 5.92 Å². The number of rotatable bonds is 5. The van der Waals surface area contributed by atoms with E-state index in [0.29, 0.717) is 30.5 Å². The highest BCUT2D eigenvalue weighted by Crippen LogP contribution is 2.36. The molecular weight excluding hydrogens is 410 g/mol. The van der Waals surface area contributed by atoms with Crippen molar-refractivity contribution in [3.63, 3.8) is 0 Å². The summed E-state index contributed by atoms with van der Waals surface area (Å²) in [5, 5.41) is 0.701. The molecule has 1 fully saturated rings. The predicted octanol–water partition coefficient (Wildman–Crippen LogP) is 4.12. The van der Waals surface area contributed by atoms with Crippen LogP contribution in [-0.2, 0) is 17.9 Å². The molecule has 4 heterocycles. The van der Waals surface area contributed by atoms with Crippen molar-refractivity contribution in [1.82, 2.24) is 14.0 Å². The molecule has 2 aromatic heterocycles. The Morgan fingerprint density at radius 2 is 1.77 bits per heavy atom. The summed E-state index contributed by atoms with van der Waals surface area (Å²) in [5.41, 5.74) is 2.27. The average Bonchev–Trinajstić information content (AvgIpc) is 3.28. The second-order valence-electron chi connectivity index (χ2n) is 8.83. The fraction of sp³-hybridized carbons (Fsp3) is 0.360. The average molecular weight is 436 g/mol. The third kappa shape index (κ3) is 4.19. The summed E-state index contributed by atoms with van der Waals surface area (Å²) in [6, 6.07) is 17.4. The topological polar surface area (TPSA) is 47.2 Å². The number of hydrogen-bond acceptors (Lipinski definition) is 2. The molecule has 5 rings (SSSR count). The Balaban J connectivity index is 1.35. The molecule has 31 heavy (non-hydrogen) atoms. The highest BCUT2D eigenvalue weighted by atomic mass is 35.5. The molecule has 0 spiro atoms. The Kier molecular flexibility index (Phi) is 5.45. The number of piperidine rings is 1. The zero-order valence-electron chi connectivity index (χ0n) is 17.4. The first-order valence-corrected chi connectivity index (χ1v) is 11.3. The molecule has 2 aliphatic rings. The lowest BCUT2D eigenvalue weighted by Crippen LogP contribution is -2.49. The summed E-state index contributed by atoms with van der Waals surface area (Å²) >= 11 is 6.09. The van der Waals surface area contributed by atoms with Crippen LogP contribution in [0.5, 0.6) is 0 Å². The van der Waals surface area contributed by atoms with E-state index in [4.69, 9.17) is 11.6 Å². The van der Waals surface area contributed by atoms with Gasteiger partial charge in [-0.05, 0) is 48.2 Å². The maximum atomic E-state index is 13.4. The van der Waals surface area contributed by atoms with E-state index < -0.39 is 0 Å². The number of nitrogens with zero attached hydrogens (tertiary/aromatic N) is 3. The van der Waals surface area contributed by atoms with Crippen molar-refractivity contribution in [3.8, 4) is 0 Å². The van der Waals surface area contributed by atoms with Crippen LogP contribution in [0.1, 0.15) is 35.9 Å². The molecule has 1 saturated heterocycles. The van der Waals surface area contributed by atoms with Gasteiger partial charge in [0, 0.05) is 73.6 Å². The Hall–Kier alpha value is -2.79. The lowest BCUT2D eigenvalue weighted by molar-refractivity contribution is -0.134. The van der Waals surface area contributed by atoms with Gasteiger partial charge in [-0.3, -0.25) is 9.59 Å². The number of benzene rings is 1. The van der Waals surface area contributed by atoms with Gasteiger partial charge in [-0.25, -0.2) is 0 Å². The first-order valence-electron chi connectivity index (χ1n) is 10.9. The van der Waals surface area contributed by atoms with Crippen molar-refractivity contribution >= 4 is 17.5 Å². The van der Waals surface area contributed by atoms with Crippen LogP contribution in [0.15, 0.2) is 71.8 Å². The molecule has 6 heteroatoms. The predicted molar refractivity (Wildman–Crippen MR) is 121 cm³/mol. The number of halogens is 1. The van der Waals surface area contributed by atoms with Gasteiger partial charge < -0.3 is 14.0 Å². The standard InChI is InChI=1S/C25H26ClN3O2/c26-22-8-6-19(7-9-22)20(16-27-10-1-2-11-27)13-25(31)28-14-18-12-21(17-28)23-4-3-5-24(30)29(23)15-18/h1-11,18,20-21H,12-17H2. The minimum absolute atomic E-state index is 0.0708. The quantitative estimate of drug-likeness (QED) is 0.605. The van der Waals surface area contributed by atoms with Crippen LogP contribution in [0.4, 0.5) is 0 Å². The summed E-state index contributed by atoms with van der Waals surface area (Å²) in [6.45, 7) is 2.88. The molecule has 3 atom stereocenters. The first kappa shape index (κ1) is 20.1. The SMILES string of the molecule is O=C(CC(Cn1cccc1)c1ccc(Cl)cc1)N1CC2CC(C1)c1cccc(=O)n1C2. The number of fused-ring (bicyclic) bond motifs is 4. The molecule has 2 aliphatic heterocycles. The molecule has 0 saturated carbocycles. The fourth-order valence-electron chi connectivity index (χ4n) is 5.21. The molecule has 2 bridgehead atoms. The van der Waals surface area contributed by atoms with Gasteiger partial charge in [0.2, 0.25) is 5.91 Å². The smallest absolute Gasteiger partial charge is 0.250 e. The van der Waals surface area contributed by atoms with Gasteiger partial charge in [0.15, 0.2) is 0 Å². The monoisotopic (exact) mass is 435 g/mol. The van der Waals surface area contributed by atoms with Gasteiger partial charge in [0.05, 0.1) is 0 Å². The van der Waals surface area contributed by atoms with Crippen LogP contribution < -0.4 is 5.56 Å². The molecule has 5 nitrogen and oxygen atoms in total. The van der Waals surface area contributed by atoms with E-state index in [-0.39, 0.29) is 23.3 Å². The third-order valence-electron chi connectivity index (χ3n) is 6.69. The zero-order chi connectivity index (χ0) is 21.4. The molecule has 3 unspecified atom stereocenters. The van der Waals surface area contributed by atoms with E-state index in [0.717, 1.165) is 30.8 Å². The Morgan fingerprint density at radius 3 is 2.55 bits per heavy atom. The largest absolute Gasteiger partial charge is 0.354 e. The Morgan fingerprint density at radius 1 is 1.00 bits per heavy atom. The molecule has 3 aromatic rings. The lowest BCUT2D eigenvalue weighted by atomic mass is 9.82. The molecule has 0 N–H and O–H groups in total. The van der Waals surface area contributed by atoms with Gasteiger partial charge in [-0.2, -0.15) is 0 Å². The molecule has 0 aliphatic carbocycles. The molecule has 1 aromatic carbocycles. The van der Waals surface area contributed by atoms with Crippen LogP contribution in [0.2, 0.25) is 5.02 Å². The summed E-state index contributed by atoms with van der Waals surface area (Å²) in [5.74, 6) is 0.847. The number of pyridine rings is 1. The van der Waals surface area contributed by atoms with Crippen LogP contribution in [0.25, 0.3) is 0 Å². The maximum absolute atomic E-state index is 13.4. The molecule has 1 amide bonds. The summed E-state index contributed by atoms with van der Waals surface area (Å²) < 4.78 is 4.03. The van der Waals surface area contributed by atoms with Crippen LogP contribution in [0.3, 0.4) is 0 Å². The van der Waals surface area contributed by atoms with Crippen molar-refractivity contribution in [2.75, 3.05) is 13.1 Å². The van der Waals surface area contributed by atoms with Crippen molar-refractivity contribution in [3.05, 3.63) is 93.6 Å². The van der Waals surface area contributed by atoms with Crippen LogP contribution >= 0.6 is 11.6 Å². The zero-order valence-corrected chi connectivity index (χ0v) is 18.1.